The molecule has 5 heteroatoms. The molecule has 0 aliphatic carbocycles. The Hall–Kier alpha value is -1.65. The summed E-state index contributed by atoms with van der Waals surface area (Å²) in [6.07, 6.45) is 0.181. The van der Waals surface area contributed by atoms with Crippen molar-refractivity contribution in [3.05, 3.63) is 64.7 Å². The highest BCUT2D eigenvalue weighted by Gasteiger charge is 2.17. The monoisotopic (exact) mass is 377 g/mol. The lowest BCUT2D eigenvalue weighted by atomic mass is 10.2. The lowest BCUT2D eigenvalue weighted by Gasteiger charge is -2.17. The maximum Gasteiger partial charge on any atom is 0.261 e. The van der Waals surface area contributed by atoms with Crippen molar-refractivity contribution in [1.82, 2.24) is 5.32 Å². The second kappa shape index (κ2) is 10.4. The predicted molar refractivity (Wildman–Crippen MR) is 107 cm³/mol. The lowest BCUT2D eigenvalue weighted by molar-refractivity contribution is -0.127. The van der Waals surface area contributed by atoms with Crippen LogP contribution >= 0.6 is 23.4 Å². The number of carbonyl (C=O) groups is 1. The van der Waals surface area contributed by atoms with Gasteiger partial charge < -0.3 is 10.1 Å². The highest BCUT2D eigenvalue weighted by Crippen LogP contribution is 2.16. The Labute approximate surface area is 159 Å². The van der Waals surface area contributed by atoms with Gasteiger partial charge in [0.2, 0.25) is 0 Å². The van der Waals surface area contributed by atoms with E-state index in [4.69, 9.17) is 16.3 Å². The normalized spacial score (nSPS) is 11.8. The minimum Gasteiger partial charge on any atom is -0.481 e. The molecule has 25 heavy (non-hydrogen) atoms. The first-order chi connectivity index (χ1) is 12.1. The topological polar surface area (TPSA) is 38.3 Å². The van der Waals surface area contributed by atoms with Gasteiger partial charge in [-0.05, 0) is 48.7 Å². The van der Waals surface area contributed by atoms with E-state index in [-0.39, 0.29) is 5.91 Å². The smallest absolute Gasteiger partial charge is 0.261 e. The van der Waals surface area contributed by atoms with Crippen molar-refractivity contribution in [2.45, 2.75) is 32.1 Å². The van der Waals surface area contributed by atoms with E-state index in [1.807, 2.05) is 62.4 Å². The number of carbonyl (C=O) groups excluding carboxylic acids is 1. The Morgan fingerprint density at radius 2 is 2.00 bits per heavy atom. The highest BCUT2D eigenvalue weighted by molar-refractivity contribution is 7.98. The molecule has 2 aromatic carbocycles. The molecule has 1 unspecified atom stereocenters. The number of benzene rings is 2. The number of aryl methyl sites for hydroxylation is 1. The van der Waals surface area contributed by atoms with Crippen molar-refractivity contribution in [2.24, 2.45) is 0 Å². The minimum atomic E-state index is -0.455. The fourth-order valence-electron chi connectivity index (χ4n) is 2.31. The second-order valence-corrected chi connectivity index (χ2v) is 7.34. The Balaban J connectivity index is 1.69. The molecule has 134 valence electrons. The summed E-state index contributed by atoms with van der Waals surface area (Å²) in [5.74, 6) is 2.44. The quantitative estimate of drug-likeness (QED) is 0.634. The molecule has 1 amide bonds. The van der Waals surface area contributed by atoms with Gasteiger partial charge in [0.25, 0.3) is 5.91 Å². The number of ether oxygens (including phenoxy) is 1. The molecular weight excluding hydrogens is 354 g/mol. The van der Waals surface area contributed by atoms with Gasteiger partial charge in [-0.3, -0.25) is 4.79 Å². The van der Waals surface area contributed by atoms with Crippen LogP contribution in [0.3, 0.4) is 0 Å². The van der Waals surface area contributed by atoms with E-state index in [1.54, 1.807) is 11.8 Å². The van der Waals surface area contributed by atoms with Crippen LogP contribution in [0.1, 0.15) is 24.5 Å². The summed E-state index contributed by atoms with van der Waals surface area (Å²) in [4.78, 5) is 12.3. The fourth-order valence-corrected chi connectivity index (χ4v) is 3.25. The van der Waals surface area contributed by atoms with Gasteiger partial charge in [-0.2, -0.15) is 11.8 Å². The van der Waals surface area contributed by atoms with Crippen LogP contribution in [0.15, 0.2) is 48.5 Å². The molecule has 2 rings (SSSR count). The number of nitrogens with one attached hydrogen (secondary N) is 1. The van der Waals surface area contributed by atoms with Gasteiger partial charge >= 0.3 is 0 Å². The number of hydrogen-bond acceptors (Lipinski definition) is 3. The van der Waals surface area contributed by atoms with Crippen molar-refractivity contribution < 1.29 is 9.53 Å². The van der Waals surface area contributed by atoms with Crippen molar-refractivity contribution >= 4 is 29.3 Å². The van der Waals surface area contributed by atoms with Gasteiger partial charge in [0.15, 0.2) is 6.10 Å². The SMILES string of the molecule is CCC(Oc1cccc(C)c1)C(=O)NCCSCc1ccc(Cl)cc1. The van der Waals surface area contributed by atoms with Crippen LogP contribution < -0.4 is 10.1 Å². The zero-order valence-corrected chi connectivity index (χ0v) is 16.2. The molecule has 2 aromatic rings. The summed E-state index contributed by atoms with van der Waals surface area (Å²) in [6.45, 7) is 4.59. The summed E-state index contributed by atoms with van der Waals surface area (Å²) in [5, 5.41) is 3.71. The number of hydrogen-bond donors (Lipinski definition) is 1. The van der Waals surface area contributed by atoms with Crippen LogP contribution in [0.4, 0.5) is 0 Å². The van der Waals surface area contributed by atoms with Crippen molar-refractivity contribution in [1.29, 1.82) is 0 Å². The first kappa shape index (κ1) is 19.7. The number of rotatable bonds is 9. The molecule has 0 saturated carbocycles. The first-order valence-corrected chi connectivity index (χ1v) is 9.95. The van der Waals surface area contributed by atoms with Gasteiger partial charge in [-0.15, -0.1) is 0 Å². The van der Waals surface area contributed by atoms with Gasteiger partial charge in [-0.25, -0.2) is 0 Å². The zero-order chi connectivity index (χ0) is 18.1. The maximum atomic E-state index is 12.3. The summed E-state index contributed by atoms with van der Waals surface area (Å²) in [5.41, 5.74) is 2.35. The molecule has 1 N–H and O–H groups in total. The van der Waals surface area contributed by atoms with Crippen molar-refractivity contribution in [2.75, 3.05) is 12.3 Å². The third-order valence-electron chi connectivity index (χ3n) is 3.66. The van der Waals surface area contributed by atoms with Crippen LogP contribution in [0.2, 0.25) is 5.02 Å². The average Bonchev–Trinajstić information content (AvgIpc) is 2.61. The molecular formula is C20H24ClNO2S. The van der Waals surface area contributed by atoms with Crippen LogP contribution in [-0.4, -0.2) is 24.3 Å². The Morgan fingerprint density at radius 1 is 1.24 bits per heavy atom. The molecule has 0 radical (unpaired) electrons. The predicted octanol–water partition coefficient (Wildman–Crippen LogP) is 4.86. The van der Waals surface area contributed by atoms with Crippen molar-refractivity contribution in [3.63, 3.8) is 0 Å². The van der Waals surface area contributed by atoms with Crippen LogP contribution in [-0.2, 0) is 10.5 Å². The molecule has 3 nitrogen and oxygen atoms in total. The molecule has 0 aliphatic rings. The third kappa shape index (κ3) is 7.00. The number of halogens is 1. The highest BCUT2D eigenvalue weighted by atomic mass is 35.5. The number of amides is 1. The average molecular weight is 378 g/mol. The summed E-state index contributed by atoms with van der Waals surface area (Å²) in [6, 6.07) is 15.6. The molecule has 1 atom stereocenters. The second-order valence-electron chi connectivity index (χ2n) is 5.80. The fraction of sp³-hybridized carbons (Fsp3) is 0.350. The van der Waals surface area contributed by atoms with Gasteiger partial charge in [0.1, 0.15) is 5.75 Å². The third-order valence-corrected chi connectivity index (χ3v) is 4.94. The van der Waals surface area contributed by atoms with Gasteiger partial charge in [0, 0.05) is 23.1 Å². The molecule has 0 aromatic heterocycles. The maximum absolute atomic E-state index is 12.3. The lowest BCUT2D eigenvalue weighted by Crippen LogP contribution is -2.39. The zero-order valence-electron chi connectivity index (χ0n) is 14.6. The van der Waals surface area contributed by atoms with E-state index < -0.39 is 6.10 Å². The van der Waals surface area contributed by atoms with E-state index in [9.17, 15) is 4.79 Å². The van der Waals surface area contributed by atoms with Crippen LogP contribution in [0.25, 0.3) is 0 Å². The molecule has 0 saturated heterocycles. The standard InChI is InChI=1S/C20H24ClNO2S/c1-3-19(24-18-6-4-5-15(2)13-18)20(23)22-11-12-25-14-16-7-9-17(21)10-8-16/h4-10,13,19H,3,11-12,14H2,1-2H3,(H,22,23). The molecule has 0 spiro atoms. The van der Waals surface area contributed by atoms with Crippen LogP contribution in [0.5, 0.6) is 5.75 Å². The minimum absolute atomic E-state index is 0.0592. The summed E-state index contributed by atoms with van der Waals surface area (Å²) >= 11 is 7.65. The largest absolute Gasteiger partial charge is 0.481 e. The van der Waals surface area contributed by atoms with Crippen molar-refractivity contribution in [3.8, 4) is 5.75 Å². The molecule has 0 heterocycles. The first-order valence-electron chi connectivity index (χ1n) is 8.41. The Bertz CT molecular complexity index is 676. The van der Waals surface area contributed by atoms with Gasteiger partial charge in [-0.1, -0.05) is 42.8 Å². The van der Waals surface area contributed by atoms with Crippen LogP contribution in [0, 0.1) is 6.92 Å². The number of thioether (sulfide) groups is 1. The Morgan fingerprint density at radius 3 is 2.68 bits per heavy atom. The van der Waals surface area contributed by atoms with E-state index in [0.717, 1.165) is 27.8 Å². The summed E-state index contributed by atoms with van der Waals surface area (Å²) in [7, 11) is 0. The molecule has 0 bridgehead atoms. The van der Waals surface area contributed by atoms with E-state index in [1.165, 1.54) is 5.56 Å². The van der Waals surface area contributed by atoms with E-state index in [2.05, 4.69) is 5.32 Å². The van der Waals surface area contributed by atoms with E-state index >= 15 is 0 Å². The molecule has 0 aliphatic heterocycles. The molecule has 0 fully saturated rings. The van der Waals surface area contributed by atoms with Gasteiger partial charge in [0.05, 0.1) is 0 Å². The van der Waals surface area contributed by atoms with E-state index in [0.29, 0.717) is 13.0 Å². The Kier molecular flexibility index (Phi) is 8.16. The summed E-state index contributed by atoms with van der Waals surface area (Å²) < 4.78 is 5.81.